The molecule has 4 unspecified atom stereocenters. The topological polar surface area (TPSA) is 79.0 Å². The van der Waals surface area contributed by atoms with Gasteiger partial charge < -0.3 is 10.1 Å². The van der Waals surface area contributed by atoms with Crippen molar-refractivity contribution in [3.63, 3.8) is 0 Å². The van der Waals surface area contributed by atoms with Crippen LogP contribution in [0.4, 0.5) is 0 Å². The molecule has 0 saturated carbocycles. The van der Waals surface area contributed by atoms with Gasteiger partial charge in [-0.1, -0.05) is 50.3 Å². The summed E-state index contributed by atoms with van der Waals surface area (Å²) in [5.41, 5.74) is 2.20. The zero-order chi connectivity index (χ0) is 24.2. The highest BCUT2D eigenvalue weighted by atomic mass is 16.5. The van der Waals surface area contributed by atoms with E-state index in [0.29, 0.717) is 25.8 Å². The van der Waals surface area contributed by atoms with Crippen molar-refractivity contribution in [1.82, 2.24) is 15.1 Å². The van der Waals surface area contributed by atoms with Gasteiger partial charge in [0.2, 0.25) is 17.7 Å². The maximum absolute atomic E-state index is 13.3. The van der Waals surface area contributed by atoms with Crippen LogP contribution in [0, 0.1) is 17.8 Å². The first-order chi connectivity index (χ1) is 16.3. The van der Waals surface area contributed by atoms with E-state index in [4.69, 9.17) is 4.74 Å². The average molecular weight is 468 g/mol. The van der Waals surface area contributed by atoms with Crippen molar-refractivity contribution in [2.75, 3.05) is 19.7 Å². The molecule has 184 valence electrons. The van der Waals surface area contributed by atoms with Crippen LogP contribution in [-0.4, -0.2) is 59.4 Å². The van der Waals surface area contributed by atoms with Gasteiger partial charge in [0.25, 0.3) is 0 Å². The maximum atomic E-state index is 13.3. The Morgan fingerprint density at radius 3 is 2.44 bits per heavy atom. The van der Waals surface area contributed by atoms with E-state index in [1.54, 1.807) is 0 Å². The van der Waals surface area contributed by atoms with E-state index in [2.05, 4.69) is 29.3 Å². The molecule has 1 aromatic carbocycles. The molecule has 7 nitrogen and oxygen atoms in total. The monoisotopic (exact) mass is 467 g/mol. The van der Waals surface area contributed by atoms with Gasteiger partial charge in [-0.3, -0.25) is 24.2 Å². The second kappa shape index (κ2) is 10.8. The second-order valence-corrected chi connectivity index (χ2v) is 10.3. The molecular formula is C27H37N3O4. The molecule has 1 aromatic rings. The molecule has 2 saturated heterocycles. The van der Waals surface area contributed by atoms with Crippen molar-refractivity contribution in [2.24, 2.45) is 17.8 Å². The molecule has 4 atom stereocenters. The summed E-state index contributed by atoms with van der Waals surface area (Å²) in [6.07, 6.45) is 5.80. The molecule has 1 N–H and O–H groups in total. The van der Waals surface area contributed by atoms with Crippen LogP contribution in [0.5, 0.6) is 0 Å². The van der Waals surface area contributed by atoms with Gasteiger partial charge in [0.05, 0.1) is 24.5 Å². The third-order valence-corrected chi connectivity index (χ3v) is 7.04. The lowest BCUT2D eigenvalue weighted by Crippen LogP contribution is -2.50. The van der Waals surface area contributed by atoms with E-state index in [0.717, 1.165) is 31.8 Å². The number of ether oxygens (including phenoxy) is 1. The van der Waals surface area contributed by atoms with Gasteiger partial charge in [0.15, 0.2) is 0 Å². The van der Waals surface area contributed by atoms with Crippen LogP contribution in [0.3, 0.4) is 0 Å². The fourth-order valence-corrected chi connectivity index (χ4v) is 5.35. The van der Waals surface area contributed by atoms with Gasteiger partial charge in [-0.15, -0.1) is 0 Å². The normalized spacial score (nSPS) is 26.1. The molecule has 4 rings (SSSR count). The third-order valence-electron chi connectivity index (χ3n) is 7.04. The van der Waals surface area contributed by atoms with Crippen LogP contribution >= 0.6 is 0 Å². The molecule has 0 aromatic heterocycles. The molecule has 2 fully saturated rings. The first kappa shape index (κ1) is 24.6. The van der Waals surface area contributed by atoms with Crippen LogP contribution in [0.2, 0.25) is 0 Å². The lowest BCUT2D eigenvalue weighted by Gasteiger charge is -2.31. The molecule has 2 aliphatic heterocycles. The van der Waals surface area contributed by atoms with Crippen molar-refractivity contribution in [2.45, 2.75) is 65.3 Å². The summed E-state index contributed by atoms with van der Waals surface area (Å²) >= 11 is 0. The summed E-state index contributed by atoms with van der Waals surface area (Å²) in [6, 6.07) is 7.46. The number of rotatable bonds is 8. The van der Waals surface area contributed by atoms with Gasteiger partial charge in [0.1, 0.15) is 6.04 Å². The number of amides is 3. The van der Waals surface area contributed by atoms with Crippen molar-refractivity contribution in [1.29, 1.82) is 0 Å². The number of fused-ring (bicyclic) bond motifs is 1. The number of allylic oxidation sites excluding steroid dienone is 2. The van der Waals surface area contributed by atoms with Crippen molar-refractivity contribution >= 4 is 17.7 Å². The minimum atomic E-state index is -0.761. The molecule has 34 heavy (non-hydrogen) atoms. The molecule has 0 radical (unpaired) electrons. The fourth-order valence-electron chi connectivity index (χ4n) is 5.35. The van der Waals surface area contributed by atoms with Gasteiger partial charge in [-0.2, -0.15) is 0 Å². The number of carbonyl (C=O) groups is 3. The number of hydrogen-bond donors (Lipinski definition) is 1. The van der Waals surface area contributed by atoms with Crippen LogP contribution in [0.1, 0.15) is 51.2 Å². The summed E-state index contributed by atoms with van der Waals surface area (Å²) in [4.78, 5) is 43.1. The second-order valence-electron chi connectivity index (χ2n) is 10.3. The van der Waals surface area contributed by atoms with Crippen LogP contribution in [0.15, 0.2) is 36.4 Å². The lowest BCUT2D eigenvalue weighted by molar-refractivity contribution is -0.148. The minimum Gasteiger partial charge on any atom is -0.376 e. The smallest absolute Gasteiger partial charge is 0.243 e. The first-order valence-corrected chi connectivity index (χ1v) is 12.5. The van der Waals surface area contributed by atoms with Crippen LogP contribution in [-0.2, 0) is 32.2 Å². The summed E-state index contributed by atoms with van der Waals surface area (Å²) in [5, 5.41) is 3.01. The largest absolute Gasteiger partial charge is 0.376 e. The molecule has 1 aliphatic carbocycles. The highest BCUT2D eigenvalue weighted by Crippen LogP contribution is 2.37. The standard InChI is InChI=1S/C27H37N3O4/c1-18(2)13-24(30-26(32)22-9-4-5-10-23(22)27(30)33)25(31)28-15-20-7-6-8-21(14-20)17-29-11-12-34-19(3)16-29/h4-8,14,18-19,22-24H,9-13,15-17H2,1-3H3,(H,28,31). The highest BCUT2D eigenvalue weighted by Gasteiger charge is 2.51. The fraction of sp³-hybridized carbons (Fsp3) is 0.593. The molecule has 3 aliphatic rings. The number of benzene rings is 1. The SMILES string of the molecule is CC(C)CC(C(=O)NCc1cccc(CN2CCOC(C)C2)c1)N1C(=O)C2CC=CCC2C1=O. The van der Waals surface area contributed by atoms with Gasteiger partial charge in [-0.05, 0) is 43.2 Å². The van der Waals surface area contributed by atoms with Gasteiger partial charge in [-0.25, -0.2) is 0 Å². The van der Waals surface area contributed by atoms with E-state index in [1.807, 2.05) is 38.1 Å². The Bertz CT molecular complexity index is 918. The van der Waals surface area contributed by atoms with Gasteiger partial charge >= 0.3 is 0 Å². The van der Waals surface area contributed by atoms with E-state index in [1.165, 1.54) is 10.5 Å². The Morgan fingerprint density at radius 2 is 1.79 bits per heavy atom. The number of hydrogen-bond acceptors (Lipinski definition) is 5. The summed E-state index contributed by atoms with van der Waals surface area (Å²) < 4.78 is 5.63. The molecule has 0 spiro atoms. The number of carbonyl (C=O) groups excluding carboxylic acids is 3. The Balaban J connectivity index is 1.41. The predicted octanol–water partition coefficient (Wildman–Crippen LogP) is 2.89. The molecule has 0 bridgehead atoms. The number of nitrogens with zero attached hydrogens (tertiary/aromatic N) is 2. The zero-order valence-corrected chi connectivity index (χ0v) is 20.5. The van der Waals surface area contributed by atoms with E-state index >= 15 is 0 Å². The van der Waals surface area contributed by atoms with Crippen molar-refractivity contribution < 1.29 is 19.1 Å². The van der Waals surface area contributed by atoms with Crippen LogP contribution in [0.25, 0.3) is 0 Å². The first-order valence-electron chi connectivity index (χ1n) is 12.5. The molecule has 3 amide bonds. The summed E-state index contributed by atoms with van der Waals surface area (Å²) in [6.45, 7) is 9.90. The molecule has 7 heteroatoms. The van der Waals surface area contributed by atoms with E-state index < -0.39 is 6.04 Å². The molecule has 2 heterocycles. The van der Waals surface area contributed by atoms with E-state index in [-0.39, 0.29) is 41.6 Å². The maximum Gasteiger partial charge on any atom is 0.243 e. The Kier molecular flexibility index (Phi) is 7.84. The quantitative estimate of drug-likeness (QED) is 0.470. The number of imide groups is 1. The van der Waals surface area contributed by atoms with Gasteiger partial charge in [0, 0.05) is 26.2 Å². The van der Waals surface area contributed by atoms with Crippen molar-refractivity contribution in [3.05, 3.63) is 47.5 Å². The minimum absolute atomic E-state index is 0.177. The average Bonchev–Trinajstić information content (AvgIpc) is 3.06. The third kappa shape index (κ3) is 5.58. The predicted molar refractivity (Wildman–Crippen MR) is 129 cm³/mol. The number of likely N-dealkylation sites (tertiary alicyclic amines) is 1. The van der Waals surface area contributed by atoms with E-state index in [9.17, 15) is 14.4 Å². The Morgan fingerprint density at radius 1 is 1.12 bits per heavy atom. The van der Waals surface area contributed by atoms with Crippen LogP contribution < -0.4 is 5.32 Å². The van der Waals surface area contributed by atoms with Crippen molar-refractivity contribution in [3.8, 4) is 0 Å². The molecular weight excluding hydrogens is 430 g/mol. The lowest BCUT2D eigenvalue weighted by atomic mass is 9.85. The summed E-state index contributed by atoms with van der Waals surface area (Å²) in [7, 11) is 0. The highest BCUT2D eigenvalue weighted by molar-refractivity contribution is 6.08. The zero-order valence-electron chi connectivity index (χ0n) is 20.5. The number of nitrogens with one attached hydrogen (secondary N) is 1. The Hall–Kier alpha value is -2.51. The Labute approximate surface area is 202 Å². The summed E-state index contributed by atoms with van der Waals surface area (Å²) in [5.74, 6) is -1.10. The number of morpholine rings is 1.